The molecular formula is C77H102N16O18S2. The van der Waals surface area contributed by atoms with Crippen LogP contribution in [-0.2, 0) is 99.5 Å². The average molecular weight is 1600 g/mol. The van der Waals surface area contributed by atoms with Crippen LogP contribution in [0, 0.1) is 5.41 Å². The number of H-pyrrole nitrogens is 2. The number of aromatic hydroxyl groups is 2. The number of carbonyl (C=O) groups is 13. The number of phenols is 2. The fourth-order valence-electron chi connectivity index (χ4n) is 12.3. The Kier molecular flexibility index (Phi) is 34.0. The van der Waals surface area contributed by atoms with E-state index in [4.69, 9.17) is 5.73 Å². The maximum Gasteiger partial charge on any atom is 0.303 e. The number of nitrogens with zero attached hydrogens (tertiary/aromatic N) is 2. The van der Waals surface area contributed by atoms with Gasteiger partial charge in [-0.2, -0.15) is 23.5 Å². The molecule has 3 aromatic carbocycles. The van der Waals surface area contributed by atoms with Crippen molar-refractivity contribution >= 4 is 111 Å². The summed E-state index contributed by atoms with van der Waals surface area (Å²) in [6, 6.07) is 4.65. The Bertz CT molecular complexity index is 4290. The minimum absolute atomic E-state index is 0.0418. The zero-order valence-electron chi connectivity index (χ0n) is 63.8. The second-order valence-corrected chi connectivity index (χ2v) is 30.9. The van der Waals surface area contributed by atoms with Gasteiger partial charge in [-0.1, -0.05) is 96.0 Å². The first-order chi connectivity index (χ1) is 53.7. The lowest BCUT2D eigenvalue weighted by molar-refractivity contribution is -0.139. The molecule has 7 rings (SSSR count). The molecule has 0 saturated heterocycles. The summed E-state index contributed by atoms with van der Waals surface area (Å²) >= 11 is 2.67. The van der Waals surface area contributed by atoms with Gasteiger partial charge in [0.05, 0.1) is 18.5 Å². The molecule has 12 amide bonds. The molecule has 0 saturated carbocycles. The third kappa shape index (κ3) is 27.9. The van der Waals surface area contributed by atoms with Gasteiger partial charge in [-0.15, -0.1) is 0 Å². The Morgan fingerprint density at radius 2 is 1.04 bits per heavy atom. The van der Waals surface area contributed by atoms with Crippen molar-refractivity contribution in [3.05, 3.63) is 143 Å². The van der Waals surface area contributed by atoms with Gasteiger partial charge in [0, 0.05) is 91.2 Å². The zero-order chi connectivity index (χ0) is 82.6. The minimum atomic E-state index is -1.91. The Labute approximate surface area is 661 Å². The maximum absolute atomic E-state index is 15.0. The number of fused-ring (bicyclic) bond motifs is 3. The highest BCUT2D eigenvalue weighted by Gasteiger charge is 2.40. The number of hydrogen-bond acceptors (Lipinski definition) is 21. The minimum Gasteiger partial charge on any atom is -0.508 e. The van der Waals surface area contributed by atoms with Gasteiger partial charge in [0.15, 0.2) is 0 Å². The largest absolute Gasteiger partial charge is 0.508 e. The van der Waals surface area contributed by atoms with Gasteiger partial charge in [-0.3, -0.25) is 62.3 Å². The lowest BCUT2D eigenvalue weighted by atomic mass is 9.85. The molecule has 1 aliphatic heterocycles. The van der Waals surface area contributed by atoms with Gasteiger partial charge in [-0.05, 0) is 103 Å². The molecule has 13 atom stereocenters. The number of aromatic nitrogens is 4. The number of thioether (sulfide) groups is 2. The number of primary amides is 1. The summed E-state index contributed by atoms with van der Waals surface area (Å²) in [5, 5.41) is 82.3. The lowest BCUT2D eigenvalue weighted by Gasteiger charge is -2.32. The molecule has 3 aromatic heterocycles. The number of aliphatic hydroxyl groups excluding tert-OH is 2. The molecule has 6 aromatic rings. The number of hydrogen-bond donors (Lipinski definition) is 19. The number of pyridine rings is 1. The molecular weight excluding hydrogens is 1500 g/mol. The summed E-state index contributed by atoms with van der Waals surface area (Å²) in [4.78, 5) is 200. The highest BCUT2D eigenvalue weighted by atomic mass is 32.2. The number of aliphatic carboxylic acids is 1. The topological polar surface area (TPSA) is 539 Å². The highest BCUT2D eigenvalue weighted by Crippen LogP contribution is 2.24. The van der Waals surface area contributed by atoms with Crippen LogP contribution in [0.25, 0.3) is 11.0 Å². The fraction of sp³-hybridized carbons (Fsp3) is 0.468. The van der Waals surface area contributed by atoms with Crippen LogP contribution >= 0.6 is 23.5 Å². The van der Waals surface area contributed by atoms with Crippen LogP contribution in [0.4, 0.5) is 0 Å². The van der Waals surface area contributed by atoms with E-state index in [1.165, 1.54) is 111 Å². The number of carboxylic acids is 1. The smallest absolute Gasteiger partial charge is 0.303 e. The first-order valence-electron chi connectivity index (χ1n) is 37.1. The van der Waals surface area contributed by atoms with Crippen molar-refractivity contribution in [1.82, 2.24) is 78.4 Å². The Morgan fingerprint density at radius 1 is 0.540 bits per heavy atom. The van der Waals surface area contributed by atoms with Gasteiger partial charge < -0.3 is 99.7 Å². The number of rotatable bonds is 18. The summed E-state index contributed by atoms with van der Waals surface area (Å²) in [5.74, 6) is -12.3. The van der Waals surface area contributed by atoms with E-state index in [1.807, 2.05) is 24.3 Å². The summed E-state index contributed by atoms with van der Waals surface area (Å²) in [5.41, 5.74) is 8.33. The standard InChI is InChI=1S/C77H102N16O18S2/c1-8-13-52-67(102)85-54(24-25-61(99)100)68(103)86-56(32-44-15-11-18-50(97)30-44)70(105)84-53(14-9-2)69(104)92-63(42(4)95)75(110)90-59(65(78)101)39-113-38-46-17-10-16-45(29-46)37-112-28-26-60(98)91-64(77(5,6)7)76(111)89-55(31-43-20-22-49(96)23-21-43)71(106)87-58(34-48-36-79-40-82-48)73(108)93-62(41(3)94)74(109)88-57(72(107)83-52)33-47-35-81-66-51(47)19-12-27-80-66/h10-12,15-23,27,29-30,35-36,40-42,52-59,62-64,94-97H,8-9,13-14,24-26,28,31-34,37-39H2,1-7H3,(H2,78,101)(H,79,82)(H,80,81)(H,83,107)(H,84,105)(H,85,102)(H,86,103)(H,87,106)(H,88,109)(H,89,111)(H,90,110)(H,91,98)(H,92,104)(H,93,108)(H,99,100)/t41-,42-,52+,53+,54+,55+,56+,57+,58+,59+,62+,63+,64-/m1/s1. The van der Waals surface area contributed by atoms with E-state index in [-0.39, 0.29) is 80.6 Å². The Balaban J connectivity index is 1.25. The number of imidazole rings is 1. The van der Waals surface area contributed by atoms with Gasteiger partial charge in [0.2, 0.25) is 70.9 Å². The van der Waals surface area contributed by atoms with Crippen molar-refractivity contribution in [2.45, 2.75) is 209 Å². The van der Waals surface area contributed by atoms with E-state index < -0.39 is 174 Å². The molecule has 0 unspecified atom stereocenters. The second kappa shape index (κ2) is 43.1. The van der Waals surface area contributed by atoms with Crippen LogP contribution in [0.1, 0.15) is 127 Å². The number of phenolic OH excluding ortho intramolecular Hbond substituents is 2. The summed E-state index contributed by atoms with van der Waals surface area (Å²) in [7, 11) is 0. The third-order valence-corrected chi connectivity index (χ3v) is 20.5. The van der Waals surface area contributed by atoms with E-state index in [2.05, 4.69) is 78.4 Å². The molecule has 113 heavy (non-hydrogen) atoms. The van der Waals surface area contributed by atoms with Crippen LogP contribution in [0.2, 0.25) is 0 Å². The molecule has 0 radical (unpaired) electrons. The number of aromatic amines is 2. The van der Waals surface area contributed by atoms with Crippen molar-refractivity contribution in [3.8, 4) is 11.5 Å². The Morgan fingerprint density at radius 3 is 1.59 bits per heavy atom. The second-order valence-electron chi connectivity index (χ2n) is 28.8. The first-order valence-corrected chi connectivity index (χ1v) is 39.4. The lowest BCUT2D eigenvalue weighted by Crippen LogP contribution is -2.63. The molecule has 20 N–H and O–H groups in total. The molecule has 0 aliphatic carbocycles. The van der Waals surface area contributed by atoms with Crippen LogP contribution < -0.4 is 64.2 Å². The first kappa shape index (κ1) is 89.1. The number of nitrogens with two attached hydrogens (primary N) is 1. The predicted molar refractivity (Wildman–Crippen MR) is 419 cm³/mol. The maximum atomic E-state index is 15.0. The highest BCUT2D eigenvalue weighted by molar-refractivity contribution is 7.98. The summed E-state index contributed by atoms with van der Waals surface area (Å²) < 4.78 is 0. The molecule has 2 bridgehead atoms. The molecule has 34 nitrogen and oxygen atoms in total. The summed E-state index contributed by atoms with van der Waals surface area (Å²) in [6.45, 7) is 10.8. The van der Waals surface area contributed by atoms with Crippen LogP contribution in [0.15, 0.2) is 110 Å². The van der Waals surface area contributed by atoms with Crippen LogP contribution in [0.5, 0.6) is 11.5 Å². The van der Waals surface area contributed by atoms with Gasteiger partial charge in [0.25, 0.3) is 0 Å². The van der Waals surface area contributed by atoms with Crippen molar-refractivity contribution in [1.29, 1.82) is 0 Å². The van der Waals surface area contributed by atoms with Crippen LogP contribution in [-0.4, -0.2) is 212 Å². The van der Waals surface area contributed by atoms with E-state index in [0.717, 1.165) is 11.1 Å². The SMILES string of the molecule is CCC[C@@H]1NC(=O)[C@H](Cc2c[nH]c3ncccc23)NC(=O)[C@H]([C@@H](C)O)NC(=O)[C@H](Cc2cnc[nH]2)NC(=O)[C@H](Cc2ccc(O)cc2)NC(=O)[C@H](C(C)(C)C)NC(=O)CCSCc2cccc(c2)CSC[C@@H](C(N)=O)NC(=O)[C@H]([C@@H](C)O)NC(=O)[C@H](CCC)NC(=O)[C@H](Cc2cccc(O)c2)NC(=O)[C@H](CCC(=O)O)NC1=O. The van der Waals surface area contributed by atoms with Crippen molar-refractivity contribution < 1.29 is 87.9 Å². The van der Waals surface area contributed by atoms with Crippen molar-refractivity contribution in [2.75, 3.05) is 11.5 Å². The van der Waals surface area contributed by atoms with Gasteiger partial charge in [0.1, 0.15) is 83.6 Å². The third-order valence-electron chi connectivity index (χ3n) is 18.4. The van der Waals surface area contributed by atoms with Gasteiger partial charge >= 0.3 is 5.97 Å². The zero-order valence-corrected chi connectivity index (χ0v) is 65.5. The Hall–Kier alpha value is -11.1. The van der Waals surface area contributed by atoms with E-state index in [0.29, 0.717) is 45.1 Å². The molecule has 0 spiro atoms. The predicted octanol–water partition coefficient (Wildman–Crippen LogP) is 0.629. The van der Waals surface area contributed by atoms with Gasteiger partial charge in [-0.25, -0.2) is 9.97 Å². The number of nitrogens with one attached hydrogen (secondary N) is 13. The normalized spacial score (nSPS) is 23.5. The fourth-order valence-corrected chi connectivity index (χ4v) is 14.2. The number of carbonyl (C=O) groups excluding carboxylic acids is 12. The molecule has 4 heterocycles. The monoisotopic (exact) mass is 1600 g/mol. The molecule has 0 fully saturated rings. The summed E-state index contributed by atoms with van der Waals surface area (Å²) in [6.07, 6.45) is -0.0951. The van der Waals surface area contributed by atoms with Crippen molar-refractivity contribution in [3.63, 3.8) is 0 Å². The van der Waals surface area contributed by atoms with E-state index >= 15 is 4.79 Å². The van der Waals surface area contributed by atoms with E-state index in [1.54, 1.807) is 46.8 Å². The molecule has 610 valence electrons. The van der Waals surface area contributed by atoms with E-state index in [9.17, 15) is 83.1 Å². The number of carboxylic acid groups (broad SMARTS) is 1. The number of benzene rings is 3. The average Bonchev–Trinajstić information content (AvgIpc) is 1.49. The van der Waals surface area contributed by atoms with Crippen LogP contribution in [0.3, 0.4) is 0 Å². The van der Waals surface area contributed by atoms with Crippen molar-refractivity contribution in [2.24, 2.45) is 11.1 Å². The molecule has 36 heteroatoms. The quantitative estimate of drug-likeness (QED) is 0.0561. The number of aliphatic hydroxyl groups is 2. The number of amides is 12. The molecule has 1 aliphatic rings.